The van der Waals surface area contributed by atoms with Crippen molar-refractivity contribution in [2.45, 2.75) is 18.5 Å². The third kappa shape index (κ3) is 4.23. The van der Waals surface area contributed by atoms with Gasteiger partial charge in [-0.3, -0.25) is 9.78 Å². The molecule has 1 aliphatic rings. The van der Waals surface area contributed by atoms with E-state index in [9.17, 15) is 14.3 Å². The van der Waals surface area contributed by atoms with Crippen molar-refractivity contribution < 1.29 is 14.3 Å². The summed E-state index contributed by atoms with van der Waals surface area (Å²) in [6.07, 6.45) is 3.73. The minimum atomic E-state index is -0.728. The molecule has 150 valence electrons. The van der Waals surface area contributed by atoms with Crippen LogP contribution in [0.2, 0.25) is 0 Å². The van der Waals surface area contributed by atoms with E-state index >= 15 is 0 Å². The molecule has 9 nitrogen and oxygen atoms in total. The first-order valence-electron chi connectivity index (χ1n) is 9.12. The highest BCUT2D eigenvalue weighted by Crippen LogP contribution is 2.23. The number of aromatic nitrogens is 3. The summed E-state index contributed by atoms with van der Waals surface area (Å²) in [7, 11) is 0. The molecule has 0 aliphatic carbocycles. The van der Waals surface area contributed by atoms with Crippen molar-refractivity contribution in [1.29, 1.82) is 0 Å². The van der Waals surface area contributed by atoms with Crippen molar-refractivity contribution in [3.05, 3.63) is 48.2 Å². The van der Waals surface area contributed by atoms with Gasteiger partial charge in [-0.2, -0.15) is 0 Å². The number of benzene rings is 1. The zero-order chi connectivity index (χ0) is 20.4. The molecule has 0 bridgehead atoms. The first-order chi connectivity index (χ1) is 14.0. The van der Waals surface area contributed by atoms with Crippen LogP contribution in [0, 0.1) is 5.82 Å². The van der Waals surface area contributed by atoms with Crippen LogP contribution in [0.15, 0.2) is 36.7 Å². The molecular weight excluding hydrogens is 377 g/mol. The van der Waals surface area contributed by atoms with E-state index < -0.39 is 5.91 Å². The number of rotatable bonds is 6. The van der Waals surface area contributed by atoms with E-state index in [0.717, 1.165) is 6.42 Å². The second-order valence-electron chi connectivity index (χ2n) is 6.87. The maximum absolute atomic E-state index is 13.5. The summed E-state index contributed by atoms with van der Waals surface area (Å²) in [6.45, 7) is 0.736. The van der Waals surface area contributed by atoms with E-state index in [1.54, 1.807) is 18.3 Å². The van der Waals surface area contributed by atoms with Gasteiger partial charge in [-0.05, 0) is 30.7 Å². The number of pyridine rings is 1. The lowest BCUT2D eigenvalue weighted by molar-refractivity contribution is 0.0996. The summed E-state index contributed by atoms with van der Waals surface area (Å²) in [5.41, 5.74) is 6.56. The molecule has 0 saturated carbocycles. The van der Waals surface area contributed by atoms with Crippen LogP contribution in [0.1, 0.15) is 16.9 Å². The van der Waals surface area contributed by atoms with Crippen LogP contribution in [-0.4, -0.2) is 51.2 Å². The van der Waals surface area contributed by atoms with E-state index in [1.807, 2.05) is 0 Å². The third-order valence-electron chi connectivity index (χ3n) is 4.71. The van der Waals surface area contributed by atoms with Gasteiger partial charge in [0.2, 0.25) is 0 Å². The van der Waals surface area contributed by atoms with Crippen LogP contribution < -0.4 is 21.7 Å². The number of hydrogen-bond donors (Lipinski definition) is 5. The molecule has 3 aromatic rings. The minimum Gasteiger partial charge on any atom is -0.395 e. The highest BCUT2D eigenvalue weighted by molar-refractivity contribution is 5.96. The number of primary amides is 1. The minimum absolute atomic E-state index is 0.0207. The summed E-state index contributed by atoms with van der Waals surface area (Å²) in [5.74, 6) is -0.465. The monoisotopic (exact) mass is 397 g/mol. The number of nitrogens with one attached hydrogen (secondary N) is 3. The molecule has 2 atom stereocenters. The summed E-state index contributed by atoms with van der Waals surface area (Å²) >= 11 is 0. The predicted octanol–water partition coefficient (Wildman–Crippen LogP) is 1.14. The number of hydrogen-bond acceptors (Lipinski definition) is 8. The number of anilines is 3. The van der Waals surface area contributed by atoms with Crippen LogP contribution in [0.3, 0.4) is 0 Å². The standard InChI is InChI=1S/C19H20FN7O2/c20-11-1-2-15-10(3-11)4-12(7-23-15)26-19-17(18(21)29)24-8-16(27-19)25-13-5-14(9-28)22-6-13/h1-4,7-8,13-14,22,28H,5-6,9H2,(H2,21,29)(H2,25,26,27)/t13-,14-/m1/s1. The SMILES string of the molecule is NC(=O)c1ncc(N[C@H]2CN[C@@H](CO)C2)nc1Nc1cnc2ccc(F)cc2c1. The Kier molecular flexibility index (Phi) is 5.19. The van der Waals surface area contributed by atoms with Crippen LogP contribution in [-0.2, 0) is 0 Å². The fraction of sp³-hybridized carbons (Fsp3) is 0.263. The normalized spacial score (nSPS) is 18.7. The number of carbonyl (C=O) groups excluding carboxylic acids is 1. The Morgan fingerprint density at radius 3 is 2.93 bits per heavy atom. The van der Waals surface area contributed by atoms with Crippen molar-refractivity contribution in [2.75, 3.05) is 23.8 Å². The molecule has 4 rings (SSSR count). The van der Waals surface area contributed by atoms with Crippen molar-refractivity contribution in [3.63, 3.8) is 0 Å². The highest BCUT2D eigenvalue weighted by Gasteiger charge is 2.24. The van der Waals surface area contributed by atoms with Crippen LogP contribution >= 0.6 is 0 Å². The number of amides is 1. The van der Waals surface area contributed by atoms with E-state index in [2.05, 4.69) is 30.9 Å². The lowest BCUT2D eigenvalue weighted by Gasteiger charge is -2.15. The van der Waals surface area contributed by atoms with Gasteiger partial charge in [0.25, 0.3) is 5.91 Å². The third-order valence-corrected chi connectivity index (χ3v) is 4.71. The van der Waals surface area contributed by atoms with Gasteiger partial charge in [0.15, 0.2) is 11.5 Å². The van der Waals surface area contributed by atoms with E-state index in [-0.39, 0.29) is 36.0 Å². The molecule has 10 heteroatoms. The molecule has 1 aromatic carbocycles. The Labute approximate surface area is 165 Å². The molecule has 0 unspecified atom stereocenters. The molecule has 1 amide bonds. The lowest BCUT2D eigenvalue weighted by Crippen LogP contribution is -2.25. The van der Waals surface area contributed by atoms with Crippen molar-refractivity contribution in [3.8, 4) is 0 Å². The summed E-state index contributed by atoms with van der Waals surface area (Å²) < 4.78 is 13.5. The van der Waals surface area contributed by atoms with Crippen molar-refractivity contribution in [2.24, 2.45) is 5.73 Å². The maximum atomic E-state index is 13.5. The van der Waals surface area contributed by atoms with Gasteiger partial charge in [-0.25, -0.2) is 14.4 Å². The zero-order valence-electron chi connectivity index (χ0n) is 15.4. The van der Waals surface area contributed by atoms with E-state index in [4.69, 9.17) is 5.73 Å². The number of nitrogens with zero attached hydrogens (tertiary/aromatic N) is 3. The Morgan fingerprint density at radius 2 is 2.17 bits per heavy atom. The summed E-state index contributed by atoms with van der Waals surface area (Å²) in [4.78, 5) is 24.6. The van der Waals surface area contributed by atoms with Gasteiger partial charge in [0, 0.05) is 24.0 Å². The molecule has 1 aliphatic heterocycles. The second-order valence-corrected chi connectivity index (χ2v) is 6.87. The molecule has 0 spiro atoms. The molecular formula is C19H20FN7O2. The molecule has 1 fully saturated rings. The topological polar surface area (TPSA) is 138 Å². The van der Waals surface area contributed by atoms with E-state index in [0.29, 0.717) is 29.0 Å². The van der Waals surface area contributed by atoms with Crippen LogP contribution in [0.25, 0.3) is 10.9 Å². The van der Waals surface area contributed by atoms with Gasteiger partial charge in [-0.1, -0.05) is 0 Å². The van der Waals surface area contributed by atoms with Gasteiger partial charge in [0.05, 0.1) is 30.2 Å². The number of fused-ring (bicyclic) bond motifs is 1. The van der Waals surface area contributed by atoms with Gasteiger partial charge in [0.1, 0.15) is 11.6 Å². The number of nitrogens with two attached hydrogens (primary N) is 1. The first kappa shape index (κ1) is 19.0. The summed E-state index contributed by atoms with van der Waals surface area (Å²) in [6, 6.07) is 6.10. The van der Waals surface area contributed by atoms with Gasteiger partial charge in [-0.15, -0.1) is 0 Å². The first-order valence-corrected chi connectivity index (χ1v) is 9.12. The zero-order valence-corrected chi connectivity index (χ0v) is 15.4. The molecule has 1 saturated heterocycles. The quantitative estimate of drug-likeness (QED) is 0.417. The van der Waals surface area contributed by atoms with E-state index in [1.165, 1.54) is 18.3 Å². The van der Waals surface area contributed by atoms with Crippen LogP contribution in [0.5, 0.6) is 0 Å². The van der Waals surface area contributed by atoms with Crippen molar-refractivity contribution >= 4 is 34.1 Å². The van der Waals surface area contributed by atoms with Crippen molar-refractivity contribution in [1.82, 2.24) is 20.3 Å². The number of carbonyl (C=O) groups is 1. The Balaban J connectivity index is 1.60. The highest BCUT2D eigenvalue weighted by atomic mass is 19.1. The summed E-state index contributed by atoms with van der Waals surface area (Å²) in [5, 5.41) is 19.3. The smallest absolute Gasteiger partial charge is 0.271 e. The number of aliphatic hydroxyl groups is 1. The molecule has 2 aromatic heterocycles. The Morgan fingerprint density at radius 1 is 1.31 bits per heavy atom. The average molecular weight is 397 g/mol. The maximum Gasteiger partial charge on any atom is 0.271 e. The fourth-order valence-corrected chi connectivity index (χ4v) is 3.31. The largest absolute Gasteiger partial charge is 0.395 e. The molecule has 0 radical (unpaired) electrons. The Hall–Kier alpha value is -3.37. The molecule has 6 N–H and O–H groups in total. The van der Waals surface area contributed by atoms with Crippen LogP contribution in [0.4, 0.5) is 21.7 Å². The molecule has 29 heavy (non-hydrogen) atoms. The predicted molar refractivity (Wildman–Crippen MR) is 106 cm³/mol. The van der Waals surface area contributed by atoms with Gasteiger partial charge >= 0.3 is 0 Å². The lowest BCUT2D eigenvalue weighted by atomic mass is 10.2. The number of aliphatic hydroxyl groups excluding tert-OH is 1. The second kappa shape index (κ2) is 7.94. The van der Waals surface area contributed by atoms with Gasteiger partial charge < -0.3 is 26.8 Å². The fourth-order valence-electron chi connectivity index (χ4n) is 3.31. The molecule has 3 heterocycles. The number of halogens is 1. The average Bonchev–Trinajstić information content (AvgIpc) is 3.15. The Bertz CT molecular complexity index is 1060.